The standard InChI is InChI=1S/C19H15ClN4O2/c1-11-10-14(22-24(11)15-7-4-3-6-13(15)20)17-12(2)21-18-16(25)8-5-9-23(18)19(17)26/h3-10,25H,1-2H3. The van der Waals surface area contributed by atoms with Crippen molar-refractivity contribution in [1.29, 1.82) is 0 Å². The predicted octanol–water partition coefficient (Wildman–Crippen LogP) is 3.52. The number of benzene rings is 1. The zero-order valence-electron chi connectivity index (χ0n) is 14.1. The fourth-order valence-corrected chi connectivity index (χ4v) is 3.23. The van der Waals surface area contributed by atoms with Crippen LogP contribution in [0.4, 0.5) is 0 Å². The molecule has 0 aliphatic heterocycles. The largest absolute Gasteiger partial charge is 0.504 e. The molecule has 26 heavy (non-hydrogen) atoms. The van der Waals surface area contributed by atoms with Gasteiger partial charge in [-0.1, -0.05) is 23.7 Å². The second-order valence-electron chi connectivity index (χ2n) is 6.00. The highest BCUT2D eigenvalue weighted by Gasteiger charge is 2.18. The van der Waals surface area contributed by atoms with Crippen molar-refractivity contribution in [2.24, 2.45) is 0 Å². The van der Waals surface area contributed by atoms with Gasteiger partial charge in [-0.05, 0) is 44.2 Å². The molecule has 0 aliphatic rings. The molecule has 0 bridgehead atoms. The molecule has 4 rings (SSSR count). The molecule has 3 heterocycles. The molecule has 0 fully saturated rings. The summed E-state index contributed by atoms with van der Waals surface area (Å²) in [7, 11) is 0. The van der Waals surface area contributed by atoms with Crippen LogP contribution < -0.4 is 5.56 Å². The minimum atomic E-state index is -0.285. The fraction of sp³-hybridized carbons (Fsp3) is 0.105. The Bertz CT molecular complexity index is 1210. The van der Waals surface area contributed by atoms with E-state index in [0.29, 0.717) is 22.0 Å². The third-order valence-electron chi connectivity index (χ3n) is 4.24. The quantitative estimate of drug-likeness (QED) is 0.589. The Morgan fingerprint density at radius 3 is 2.65 bits per heavy atom. The summed E-state index contributed by atoms with van der Waals surface area (Å²) in [6.45, 7) is 3.63. The van der Waals surface area contributed by atoms with E-state index in [1.807, 2.05) is 31.2 Å². The molecule has 130 valence electrons. The summed E-state index contributed by atoms with van der Waals surface area (Å²) in [6, 6.07) is 12.3. The van der Waals surface area contributed by atoms with Crippen LogP contribution in [0.25, 0.3) is 22.6 Å². The average Bonchev–Trinajstić information content (AvgIpc) is 2.97. The van der Waals surface area contributed by atoms with Gasteiger partial charge in [0.2, 0.25) is 0 Å². The first-order chi connectivity index (χ1) is 12.5. The van der Waals surface area contributed by atoms with Crippen molar-refractivity contribution in [3.8, 4) is 22.7 Å². The summed E-state index contributed by atoms with van der Waals surface area (Å²) in [4.78, 5) is 17.3. The Kier molecular flexibility index (Phi) is 3.77. The van der Waals surface area contributed by atoms with Crippen molar-refractivity contribution >= 4 is 17.2 Å². The van der Waals surface area contributed by atoms with Gasteiger partial charge in [-0.25, -0.2) is 9.67 Å². The van der Waals surface area contributed by atoms with Gasteiger partial charge in [0.1, 0.15) is 5.69 Å². The number of hydrogen-bond donors (Lipinski definition) is 1. The first kappa shape index (κ1) is 16.4. The van der Waals surface area contributed by atoms with E-state index in [-0.39, 0.29) is 17.0 Å². The van der Waals surface area contributed by atoms with Gasteiger partial charge < -0.3 is 5.11 Å². The molecule has 1 N–H and O–H groups in total. The van der Waals surface area contributed by atoms with Crippen LogP contribution in [-0.2, 0) is 0 Å². The summed E-state index contributed by atoms with van der Waals surface area (Å²) in [5, 5.41) is 15.1. The van der Waals surface area contributed by atoms with Gasteiger partial charge in [0, 0.05) is 11.9 Å². The summed E-state index contributed by atoms with van der Waals surface area (Å²) in [5.41, 5.74) is 2.92. The smallest absolute Gasteiger partial charge is 0.267 e. The van der Waals surface area contributed by atoms with E-state index in [2.05, 4.69) is 10.1 Å². The fourth-order valence-electron chi connectivity index (χ4n) is 3.01. The molecule has 3 aromatic heterocycles. The Balaban J connectivity index is 1.97. The van der Waals surface area contributed by atoms with E-state index in [1.165, 1.54) is 10.5 Å². The number of rotatable bonds is 2. The third kappa shape index (κ3) is 2.46. The summed E-state index contributed by atoms with van der Waals surface area (Å²) in [5.74, 6) is -0.0444. The molecular formula is C19H15ClN4O2. The van der Waals surface area contributed by atoms with Crippen LogP contribution in [0.15, 0.2) is 53.5 Å². The van der Waals surface area contributed by atoms with Crippen LogP contribution in [0.3, 0.4) is 0 Å². The van der Waals surface area contributed by atoms with Crippen molar-refractivity contribution < 1.29 is 5.11 Å². The SMILES string of the molecule is Cc1nc2c(O)cccn2c(=O)c1-c1cc(C)n(-c2ccccc2Cl)n1. The normalized spacial score (nSPS) is 11.2. The van der Waals surface area contributed by atoms with Crippen LogP contribution >= 0.6 is 11.6 Å². The maximum absolute atomic E-state index is 13.0. The first-order valence-electron chi connectivity index (χ1n) is 8.00. The molecule has 0 radical (unpaired) electrons. The van der Waals surface area contributed by atoms with Crippen molar-refractivity contribution in [3.05, 3.63) is 75.4 Å². The van der Waals surface area contributed by atoms with E-state index >= 15 is 0 Å². The van der Waals surface area contributed by atoms with Crippen LogP contribution in [0.5, 0.6) is 5.75 Å². The highest BCUT2D eigenvalue weighted by molar-refractivity contribution is 6.32. The number of fused-ring (bicyclic) bond motifs is 1. The van der Waals surface area contributed by atoms with E-state index in [9.17, 15) is 9.90 Å². The molecule has 0 saturated carbocycles. The lowest BCUT2D eigenvalue weighted by Gasteiger charge is -2.08. The van der Waals surface area contributed by atoms with Crippen LogP contribution in [0.2, 0.25) is 5.02 Å². The lowest BCUT2D eigenvalue weighted by molar-refractivity contribution is 0.476. The van der Waals surface area contributed by atoms with Gasteiger partial charge in [0.25, 0.3) is 5.56 Å². The maximum atomic E-state index is 13.0. The molecule has 0 saturated heterocycles. The number of nitrogens with zero attached hydrogens (tertiary/aromatic N) is 4. The van der Waals surface area contributed by atoms with E-state index in [0.717, 1.165) is 11.4 Å². The van der Waals surface area contributed by atoms with Gasteiger partial charge in [-0.2, -0.15) is 5.10 Å². The van der Waals surface area contributed by atoms with Crippen molar-refractivity contribution in [3.63, 3.8) is 0 Å². The van der Waals surface area contributed by atoms with Gasteiger partial charge in [-0.15, -0.1) is 0 Å². The van der Waals surface area contributed by atoms with Crippen LogP contribution in [-0.4, -0.2) is 24.3 Å². The number of para-hydroxylation sites is 1. The average molecular weight is 367 g/mol. The molecule has 0 unspecified atom stereocenters. The lowest BCUT2D eigenvalue weighted by atomic mass is 10.1. The lowest BCUT2D eigenvalue weighted by Crippen LogP contribution is -2.19. The summed E-state index contributed by atoms with van der Waals surface area (Å²) >= 11 is 6.28. The number of pyridine rings is 1. The summed E-state index contributed by atoms with van der Waals surface area (Å²) in [6.07, 6.45) is 1.57. The number of aryl methyl sites for hydroxylation is 2. The number of aromatic nitrogens is 4. The zero-order valence-corrected chi connectivity index (χ0v) is 14.9. The van der Waals surface area contributed by atoms with Crippen LogP contribution in [0, 0.1) is 13.8 Å². The molecule has 0 aliphatic carbocycles. The second-order valence-corrected chi connectivity index (χ2v) is 6.41. The molecule has 6 nitrogen and oxygen atoms in total. The van der Waals surface area contributed by atoms with Gasteiger partial charge in [0.15, 0.2) is 11.4 Å². The molecule has 1 aromatic carbocycles. The highest BCUT2D eigenvalue weighted by Crippen LogP contribution is 2.25. The predicted molar refractivity (Wildman–Crippen MR) is 100 cm³/mol. The molecule has 4 aromatic rings. The van der Waals surface area contributed by atoms with Gasteiger partial charge in [-0.3, -0.25) is 9.20 Å². The Hall–Kier alpha value is -3.12. The van der Waals surface area contributed by atoms with Crippen molar-refractivity contribution in [1.82, 2.24) is 19.2 Å². The van der Waals surface area contributed by atoms with Crippen LogP contribution in [0.1, 0.15) is 11.4 Å². The third-order valence-corrected chi connectivity index (χ3v) is 4.56. The highest BCUT2D eigenvalue weighted by atomic mass is 35.5. The van der Waals surface area contributed by atoms with Gasteiger partial charge in [0.05, 0.1) is 22.0 Å². The number of aromatic hydroxyl groups is 1. The molecule has 7 heteroatoms. The van der Waals surface area contributed by atoms with E-state index < -0.39 is 0 Å². The molecule has 0 atom stereocenters. The number of hydrogen-bond acceptors (Lipinski definition) is 4. The van der Waals surface area contributed by atoms with Crippen molar-refractivity contribution in [2.75, 3.05) is 0 Å². The Morgan fingerprint density at radius 1 is 1.12 bits per heavy atom. The topological polar surface area (TPSA) is 72.4 Å². The first-order valence-corrected chi connectivity index (χ1v) is 8.38. The van der Waals surface area contributed by atoms with E-state index in [4.69, 9.17) is 11.6 Å². The molecule has 0 amide bonds. The second kappa shape index (κ2) is 6.00. The van der Waals surface area contributed by atoms with Gasteiger partial charge >= 0.3 is 0 Å². The minimum Gasteiger partial charge on any atom is -0.504 e. The van der Waals surface area contributed by atoms with Crippen molar-refractivity contribution in [2.45, 2.75) is 13.8 Å². The Morgan fingerprint density at radius 2 is 1.88 bits per heavy atom. The Labute approximate surface area is 153 Å². The number of halogens is 1. The molecule has 0 spiro atoms. The monoisotopic (exact) mass is 366 g/mol. The maximum Gasteiger partial charge on any atom is 0.267 e. The molecular weight excluding hydrogens is 352 g/mol. The summed E-state index contributed by atoms with van der Waals surface area (Å²) < 4.78 is 3.02. The zero-order chi connectivity index (χ0) is 18.4. The van der Waals surface area contributed by atoms with E-state index in [1.54, 1.807) is 29.9 Å². The minimum absolute atomic E-state index is 0.0444.